The fourth-order valence-electron chi connectivity index (χ4n) is 2.43. The Morgan fingerprint density at radius 1 is 1.47 bits per heavy atom. The number of aromatic carboxylic acids is 1. The van der Waals surface area contributed by atoms with E-state index in [1.165, 1.54) is 0 Å². The number of hydrogen-bond donors (Lipinski definition) is 1. The maximum atomic E-state index is 11.4. The third-order valence-electron chi connectivity index (χ3n) is 3.33. The Morgan fingerprint density at radius 2 is 2.18 bits per heavy atom. The highest BCUT2D eigenvalue weighted by Crippen LogP contribution is 2.41. The van der Waals surface area contributed by atoms with Gasteiger partial charge >= 0.3 is 5.97 Å². The Kier molecular flexibility index (Phi) is 2.30. The summed E-state index contributed by atoms with van der Waals surface area (Å²) >= 11 is 3.45. The summed E-state index contributed by atoms with van der Waals surface area (Å²) in [5, 5.41) is 10.4. The molecular weight excluding hydrogens is 282 g/mol. The number of halogens is 1. The van der Waals surface area contributed by atoms with Crippen molar-refractivity contribution in [2.75, 3.05) is 0 Å². The molecule has 0 saturated heterocycles. The van der Waals surface area contributed by atoms with Crippen molar-refractivity contribution in [3.63, 3.8) is 0 Å². The fraction of sp³-hybridized carbons (Fsp3) is 0.308. The molecule has 1 aromatic heterocycles. The van der Waals surface area contributed by atoms with Crippen molar-refractivity contribution in [2.24, 2.45) is 0 Å². The van der Waals surface area contributed by atoms with Crippen LogP contribution in [0.2, 0.25) is 0 Å². The molecule has 2 aromatic rings. The number of carboxylic acids is 1. The van der Waals surface area contributed by atoms with Crippen molar-refractivity contribution in [1.29, 1.82) is 0 Å². The van der Waals surface area contributed by atoms with Gasteiger partial charge in [-0.05, 0) is 37.5 Å². The van der Waals surface area contributed by atoms with Gasteiger partial charge in [-0.15, -0.1) is 0 Å². The molecule has 88 valence electrons. The van der Waals surface area contributed by atoms with Crippen LogP contribution in [0.25, 0.3) is 10.9 Å². The van der Waals surface area contributed by atoms with E-state index in [0.717, 1.165) is 33.8 Å². The van der Waals surface area contributed by atoms with Gasteiger partial charge in [0.15, 0.2) is 0 Å². The van der Waals surface area contributed by atoms with Gasteiger partial charge in [-0.25, -0.2) is 4.79 Å². The molecule has 3 rings (SSSR count). The monoisotopic (exact) mass is 293 g/mol. The van der Waals surface area contributed by atoms with Crippen LogP contribution in [0, 0.1) is 6.92 Å². The first kappa shape index (κ1) is 10.8. The normalized spacial score (nSPS) is 15.4. The molecule has 17 heavy (non-hydrogen) atoms. The van der Waals surface area contributed by atoms with E-state index in [1.54, 1.807) is 0 Å². The van der Waals surface area contributed by atoms with Crippen molar-refractivity contribution < 1.29 is 9.90 Å². The van der Waals surface area contributed by atoms with Crippen molar-refractivity contribution in [2.45, 2.75) is 25.8 Å². The molecule has 1 aliphatic rings. The zero-order valence-corrected chi connectivity index (χ0v) is 11.0. The van der Waals surface area contributed by atoms with Crippen LogP contribution in [0.15, 0.2) is 22.7 Å². The van der Waals surface area contributed by atoms with Gasteiger partial charge in [-0.1, -0.05) is 22.0 Å². The minimum atomic E-state index is -0.832. The van der Waals surface area contributed by atoms with E-state index in [9.17, 15) is 9.90 Å². The van der Waals surface area contributed by atoms with Crippen LogP contribution in [-0.4, -0.2) is 15.6 Å². The summed E-state index contributed by atoms with van der Waals surface area (Å²) in [5.74, 6) is -0.832. The Balaban J connectivity index is 2.41. The van der Waals surface area contributed by atoms with Crippen LogP contribution in [-0.2, 0) is 0 Å². The number of benzene rings is 1. The standard InChI is InChI=1S/C13H12BrNO2/c1-7-10-5-2-8(14)6-11(10)15(9-3-4-9)12(7)13(16)17/h2,5-6,9H,3-4H2,1H3,(H,16,17). The average molecular weight is 294 g/mol. The quantitative estimate of drug-likeness (QED) is 0.916. The Morgan fingerprint density at radius 3 is 2.76 bits per heavy atom. The number of carboxylic acid groups (broad SMARTS) is 1. The lowest BCUT2D eigenvalue weighted by Gasteiger charge is -2.06. The highest BCUT2D eigenvalue weighted by Gasteiger charge is 2.31. The summed E-state index contributed by atoms with van der Waals surface area (Å²) in [6.07, 6.45) is 2.16. The molecule has 1 aliphatic carbocycles. The lowest BCUT2D eigenvalue weighted by molar-refractivity contribution is 0.0684. The summed E-state index contributed by atoms with van der Waals surface area (Å²) < 4.78 is 2.97. The van der Waals surface area contributed by atoms with E-state index in [-0.39, 0.29) is 0 Å². The first-order valence-electron chi connectivity index (χ1n) is 5.63. The molecule has 1 aromatic carbocycles. The van der Waals surface area contributed by atoms with E-state index in [0.29, 0.717) is 11.7 Å². The molecule has 0 aliphatic heterocycles. The first-order valence-corrected chi connectivity index (χ1v) is 6.42. The van der Waals surface area contributed by atoms with Crippen LogP contribution in [0.3, 0.4) is 0 Å². The highest BCUT2D eigenvalue weighted by atomic mass is 79.9. The summed E-state index contributed by atoms with van der Waals surface area (Å²) in [6.45, 7) is 1.89. The van der Waals surface area contributed by atoms with Crippen LogP contribution < -0.4 is 0 Å². The fourth-order valence-corrected chi connectivity index (χ4v) is 2.77. The largest absolute Gasteiger partial charge is 0.477 e. The molecule has 0 amide bonds. The van der Waals surface area contributed by atoms with Gasteiger partial charge < -0.3 is 9.67 Å². The first-order chi connectivity index (χ1) is 8.09. The van der Waals surface area contributed by atoms with E-state index < -0.39 is 5.97 Å². The van der Waals surface area contributed by atoms with Crippen molar-refractivity contribution >= 4 is 32.8 Å². The third-order valence-corrected chi connectivity index (χ3v) is 3.83. The second-order valence-corrected chi connectivity index (χ2v) is 5.46. The van der Waals surface area contributed by atoms with E-state index >= 15 is 0 Å². The minimum Gasteiger partial charge on any atom is -0.477 e. The van der Waals surface area contributed by atoms with Crippen molar-refractivity contribution in [3.8, 4) is 0 Å². The summed E-state index contributed by atoms with van der Waals surface area (Å²) in [7, 11) is 0. The highest BCUT2D eigenvalue weighted by molar-refractivity contribution is 9.10. The number of aromatic nitrogens is 1. The average Bonchev–Trinajstić information content (AvgIpc) is 3.04. The SMILES string of the molecule is Cc1c(C(=O)O)n(C2CC2)c2cc(Br)ccc12. The predicted octanol–water partition coefficient (Wildman–Crippen LogP) is 3.75. The molecular formula is C13H12BrNO2. The molecule has 1 saturated carbocycles. The zero-order chi connectivity index (χ0) is 12.2. The van der Waals surface area contributed by atoms with E-state index in [1.807, 2.05) is 29.7 Å². The molecule has 3 nitrogen and oxygen atoms in total. The summed E-state index contributed by atoms with van der Waals surface area (Å²) in [6, 6.07) is 6.32. The van der Waals surface area contributed by atoms with Crippen LogP contribution in [0.4, 0.5) is 0 Å². The maximum absolute atomic E-state index is 11.4. The molecule has 0 bridgehead atoms. The van der Waals surface area contributed by atoms with Crippen LogP contribution in [0.5, 0.6) is 0 Å². The topological polar surface area (TPSA) is 42.2 Å². The lowest BCUT2D eigenvalue weighted by atomic mass is 10.1. The second-order valence-electron chi connectivity index (χ2n) is 4.54. The van der Waals surface area contributed by atoms with Crippen LogP contribution >= 0.6 is 15.9 Å². The Labute approximate surface area is 107 Å². The van der Waals surface area contributed by atoms with E-state index in [2.05, 4.69) is 15.9 Å². The van der Waals surface area contributed by atoms with Crippen molar-refractivity contribution in [3.05, 3.63) is 33.9 Å². The molecule has 0 unspecified atom stereocenters. The van der Waals surface area contributed by atoms with Gasteiger partial charge in [0.05, 0.1) is 5.52 Å². The third kappa shape index (κ3) is 1.59. The van der Waals surface area contributed by atoms with Crippen molar-refractivity contribution in [1.82, 2.24) is 4.57 Å². The number of rotatable bonds is 2. The van der Waals surface area contributed by atoms with Gasteiger partial charge in [0.25, 0.3) is 0 Å². The van der Waals surface area contributed by atoms with Gasteiger partial charge in [-0.2, -0.15) is 0 Å². The molecule has 0 spiro atoms. The summed E-state index contributed by atoms with van der Waals surface area (Å²) in [5.41, 5.74) is 2.34. The number of carbonyl (C=O) groups is 1. The molecule has 0 atom stereocenters. The van der Waals surface area contributed by atoms with E-state index in [4.69, 9.17) is 0 Å². The molecule has 1 fully saturated rings. The Bertz CT molecular complexity index is 626. The second kappa shape index (κ2) is 3.60. The molecule has 0 radical (unpaired) electrons. The summed E-state index contributed by atoms with van der Waals surface area (Å²) in [4.78, 5) is 11.4. The van der Waals surface area contributed by atoms with Crippen LogP contribution in [0.1, 0.15) is 34.9 Å². The smallest absolute Gasteiger partial charge is 0.352 e. The molecule has 4 heteroatoms. The lowest BCUT2D eigenvalue weighted by Crippen LogP contribution is -2.08. The van der Waals surface area contributed by atoms with Gasteiger partial charge in [0.2, 0.25) is 0 Å². The zero-order valence-electron chi connectivity index (χ0n) is 9.40. The van der Waals surface area contributed by atoms with Gasteiger partial charge in [0, 0.05) is 15.9 Å². The Hall–Kier alpha value is -1.29. The molecule has 1 N–H and O–H groups in total. The maximum Gasteiger partial charge on any atom is 0.352 e. The van der Waals surface area contributed by atoms with Gasteiger partial charge in [-0.3, -0.25) is 0 Å². The number of fused-ring (bicyclic) bond motifs is 1. The number of nitrogens with zero attached hydrogens (tertiary/aromatic N) is 1. The number of hydrogen-bond acceptors (Lipinski definition) is 1. The predicted molar refractivity (Wildman–Crippen MR) is 69.6 cm³/mol. The minimum absolute atomic E-state index is 0.367. The van der Waals surface area contributed by atoms with Gasteiger partial charge in [0.1, 0.15) is 5.69 Å². The molecule has 1 heterocycles. The number of aryl methyl sites for hydroxylation is 1.